The van der Waals surface area contributed by atoms with Gasteiger partial charge in [0, 0.05) is 30.7 Å². The van der Waals surface area contributed by atoms with Crippen LogP contribution in [-0.2, 0) is 20.0 Å². The number of imidazole rings is 1. The van der Waals surface area contributed by atoms with Gasteiger partial charge in [-0.2, -0.15) is 0 Å². The average molecular weight is 259 g/mol. The molecule has 0 bridgehead atoms. The molecular weight excluding hydrogens is 242 g/mol. The van der Waals surface area contributed by atoms with E-state index in [2.05, 4.69) is 15.3 Å². The molecule has 19 heavy (non-hydrogen) atoms. The summed E-state index contributed by atoms with van der Waals surface area (Å²) < 4.78 is 1.86. The SMILES string of the molecule is CCc1cc(C(=O)NCc2nccn2C)cc(N)n1. The number of rotatable bonds is 4. The van der Waals surface area contributed by atoms with Crippen molar-refractivity contribution in [2.45, 2.75) is 19.9 Å². The van der Waals surface area contributed by atoms with Gasteiger partial charge in [-0.05, 0) is 18.6 Å². The molecule has 2 rings (SSSR count). The van der Waals surface area contributed by atoms with Crippen LogP contribution in [0.1, 0.15) is 28.8 Å². The largest absolute Gasteiger partial charge is 0.384 e. The second-order valence-electron chi connectivity index (χ2n) is 4.26. The number of nitrogens with two attached hydrogens (primary N) is 1. The summed E-state index contributed by atoms with van der Waals surface area (Å²) >= 11 is 0. The minimum absolute atomic E-state index is 0.174. The summed E-state index contributed by atoms with van der Waals surface area (Å²) in [5.74, 6) is 0.986. The molecule has 2 aromatic rings. The molecule has 1 amide bonds. The van der Waals surface area contributed by atoms with Gasteiger partial charge >= 0.3 is 0 Å². The summed E-state index contributed by atoms with van der Waals surface area (Å²) in [5, 5.41) is 2.82. The van der Waals surface area contributed by atoms with Crippen LogP contribution >= 0.6 is 0 Å². The minimum Gasteiger partial charge on any atom is -0.384 e. The van der Waals surface area contributed by atoms with Gasteiger partial charge in [0.05, 0.1) is 6.54 Å². The molecular formula is C13H17N5O. The van der Waals surface area contributed by atoms with Crippen molar-refractivity contribution in [3.05, 3.63) is 41.6 Å². The molecule has 100 valence electrons. The molecule has 0 atom stereocenters. The lowest BCUT2D eigenvalue weighted by molar-refractivity contribution is 0.0949. The van der Waals surface area contributed by atoms with E-state index in [-0.39, 0.29) is 5.91 Å². The van der Waals surface area contributed by atoms with Gasteiger partial charge in [-0.3, -0.25) is 4.79 Å². The number of carbonyl (C=O) groups excluding carboxylic acids is 1. The number of pyridine rings is 1. The van der Waals surface area contributed by atoms with Crippen LogP contribution in [0.4, 0.5) is 5.82 Å². The van der Waals surface area contributed by atoms with Crippen LogP contribution in [-0.4, -0.2) is 20.4 Å². The van der Waals surface area contributed by atoms with E-state index in [9.17, 15) is 4.79 Å². The van der Waals surface area contributed by atoms with Crippen molar-refractivity contribution in [1.82, 2.24) is 19.9 Å². The Morgan fingerprint density at radius 2 is 2.26 bits per heavy atom. The fourth-order valence-electron chi connectivity index (χ4n) is 1.75. The van der Waals surface area contributed by atoms with Crippen molar-refractivity contribution in [3.63, 3.8) is 0 Å². The van der Waals surface area contributed by atoms with Crippen molar-refractivity contribution in [3.8, 4) is 0 Å². The molecule has 0 radical (unpaired) electrons. The van der Waals surface area contributed by atoms with Gasteiger partial charge in [0.1, 0.15) is 11.6 Å². The molecule has 0 aliphatic heterocycles. The summed E-state index contributed by atoms with van der Waals surface area (Å²) in [6, 6.07) is 3.33. The zero-order chi connectivity index (χ0) is 13.8. The third-order valence-electron chi connectivity index (χ3n) is 2.85. The number of anilines is 1. The highest BCUT2D eigenvalue weighted by atomic mass is 16.1. The maximum absolute atomic E-state index is 12.0. The highest BCUT2D eigenvalue weighted by Gasteiger charge is 2.09. The molecule has 6 heteroatoms. The topological polar surface area (TPSA) is 85.8 Å². The Morgan fingerprint density at radius 3 is 2.89 bits per heavy atom. The summed E-state index contributed by atoms with van der Waals surface area (Å²) in [4.78, 5) is 20.3. The average Bonchev–Trinajstić information content (AvgIpc) is 2.80. The molecule has 2 heterocycles. The van der Waals surface area contributed by atoms with Gasteiger partial charge in [-0.25, -0.2) is 9.97 Å². The maximum atomic E-state index is 12.0. The number of nitrogens with one attached hydrogen (secondary N) is 1. The first-order valence-corrected chi connectivity index (χ1v) is 6.11. The zero-order valence-corrected chi connectivity index (χ0v) is 11.1. The molecule has 6 nitrogen and oxygen atoms in total. The molecule has 0 fully saturated rings. The van der Waals surface area contributed by atoms with Crippen molar-refractivity contribution >= 4 is 11.7 Å². The molecule has 2 aromatic heterocycles. The van der Waals surface area contributed by atoms with Gasteiger partial charge in [-0.15, -0.1) is 0 Å². The van der Waals surface area contributed by atoms with Crippen LogP contribution in [0.2, 0.25) is 0 Å². The quantitative estimate of drug-likeness (QED) is 0.853. The Hall–Kier alpha value is -2.37. The van der Waals surface area contributed by atoms with Crippen LogP contribution < -0.4 is 11.1 Å². The summed E-state index contributed by atoms with van der Waals surface area (Å²) in [6.07, 6.45) is 4.27. The van der Waals surface area contributed by atoms with E-state index in [1.807, 2.05) is 24.7 Å². The van der Waals surface area contributed by atoms with E-state index in [0.717, 1.165) is 17.9 Å². The first kappa shape index (κ1) is 13.1. The molecule has 0 unspecified atom stereocenters. The highest BCUT2D eigenvalue weighted by molar-refractivity contribution is 5.94. The molecule has 0 aromatic carbocycles. The predicted octanol–water partition coefficient (Wildman–Crippen LogP) is 0.890. The monoisotopic (exact) mass is 259 g/mol. The number of nitrogen functional groups attached to an aromatic ring is 1. The zero-order valence-electron chi connectivity index (χ0n) is 11.1. The van der Waals surface area contributed by atoms with E-state index >= 15 is 0 Å². The summed E-state index contributed by atoms with van der Waals surface area (Å²) in [7, 11) is 1.88. The number of carbonyl (C=O) groups is 1. The van der Waals surface area contributed by atoms with E-state index in [1.165, 1.54) is 0 Å². The first-order chi connectivity index (χ1) is 9.10. The third-order valence-corrected chi connectivity index (χ3v) is 2.85. The molecule has 0 aliphatic rings. The first-order valence-electron chi connectivity index (χ1n) is 6.11. The smallest absolute Gasteiger partial charge is 0.251 e. The molecule has 0 spiro atoms. The van der Waals surface area contributed by atoms with Crippen molar-refractivity contribution in [2.24, 2.45) is 7.05 Å². The van der Waals surface area contributed by atoms with Crippen LogP contribution in [0, 0.1) is 0 Å². The predicted molar refractivity (Wildman–Crippen MR) is 72.4 cm³/mol. The second-order valence-corrected chi connectivity index (χ2v) is 4.26. The minimum atomic E-state index is -0.174. The number of nitrogens with zero attached hydrogens (tertiary/aromatic N) is 3. The van der Waals surface area contributed by atoms with E-state index < -0.39 is 0 Å². The third kappa shape index (κ3) is 3.09. The van der Waals surface area contributed by atoms with Gasteiger partial charge < -0.3 is 15.6 Å². The Kier molecular flexibility index (Phi) is 3.79. The number of hydrogen-bond acceptors (Lipinski definition) is 4. The van der Waals surface area contributed by atoms with Crippen LogP contribution in [0.5, 0.6) is 0 Å². The normalized spacial score (nSPS) is 10.4. The summed E-state index contributed by atoms with van der Waals surface area (Å²) in [6.45, 7) is 2.35. The van der Waals surface area contributed by atoms with E-state index in [4.69, 9.17) is 5.73 Å². The number of amides is 1. The van der Waals surface area contributed by atoms with E-state index in [1.54, 1.807) is 18.3 Å². The lowest BCUT2D eigenvalue weighted by Crippen LogP contribution is -2.24. The molecule has 0 saturated heterocycles. The Bertz CT molecular complexity index is 590. The van der Waals surface area contributed by atoms with Gasteiger partial charge in [0.2, 0.25) is 0 Å². The van der Waals surface area contributed by atoms with Crippen molar-refractivity contribution in [2.75, 3.05) is 5.73 Å². The Morgan fingerprint density at radius 1 is 1.47 bits per heavy atom. The van der Waals surface area contributed by atoms with Crippen LogP contribution in [0.3, 0.4) is 0 Å². The van der Waals surface area contributed by atoms with Gasteiger partial charge in [-0.1, -0.05) is 6.92 Å². The van der Waals surface area contributed by atoms with Crippen molar-refractivity contribution in [1.29, 1.82) is 0 Å². The molecule has 0 saturated carbocycles. The Labute approximate surface area is 111 Å². The lowest BCUT2D eigenvalue weighted by Gasteiger charge is -2.07. The van der Waals surface area contributed by atoms with Gasteiger partial charge in [0.25, 0.3) is 5.91 Å². The van der Waals surface area contributed by atoms with Crippen LogP contribution in [0.25, 0.3) is 0 Å². The Balaban J connectivity index is 2.08. The number of aryl methyl sites for hydroxylation is 2. The number of aromatic nitrogens is 3. The molecule has 3 N–H and O–H groups in total. The fourth-order valence-corrected chi connectivity index (χ4v) is 1.75. The lowest BCUT2D eigenvalue weighted by atomic mass is 10.2. The maximum Gasteiger partial charge on any atom is 0.251 e. The van der Waals surface area contributed by atoms with E-state index in [0.29, 0.717) is 17.9 Å². The second kappa shape index (κ2) is 5.51. The molecule has 0 aliphatic carbocycles. The summed E-state index contributed by atoms with van der Waals surface area (Å²) in [5.41, 5.74) is 7.01. The highest BCUT2D eigenvalue weighted by Crippen LogP contribution is 2.08. The van der Waals surface area contributed by atoms with Gasteiger partial charge in [0.15, 0.2) is 0 Å². The number of hydrogen-bond donors (Lipinski definition) is 2. The fraction of sp³-hybridized carbons (Fsp3) is 0.308. The van der Waals surface area contributed by atoms with Crippen molar-refractivity contribution < 1.29 is 4.79 Å². The standard InChI is InChI=1S/C13H17N5O/c1-3-10-6-9(7-11(14)17-10)13(19)16-8-12-15-4-5-18(12)2/h4-7H,3,8H2,1-2H3,(H2,14,17)(H,16,19). The van der Waals surface area contributed by atoms with Crippen LogP contribution in [0.15, 0.2) is 24.5 Å².